The lowest BCUT2D eigenvalue weighted by atomic mass is 9.87. The first kappa shape index (κ1) is 33.6. The van der Waals surface area contributed by atoms with E-state index in [0.717, 1.165) is 20.0 Å². The molecule has 0 radical (unpaired) electrons. The van der Waals surface area contributed by atoms with Gasteiger partial charge < -0.3 is 35.7 Å². The van der Waals surface area contributed by atoms with E-state index in [4.69, 9.17) is 15.2 Å². The number of hydrogen-bond donors (Lipinski definition) is 4. The van der Waals surface area contributed by atoms with Gasteiger partial charge >= 0.3 is 6.18 Å². The molecule has 38 heavy (non-hydrogen) atoms. The third-order valence-corrected chi connectivity index (χ3v) is 6.52. The van der Waals surface area contributed by atoms with Crippen molar-refractivity contribution in [2.45, 2.75) is 64.0 Å². The lowest BCUT2D eigenvalue weighted by Crippen LogP contribution is -2.58. The van der Waals surface area contributed by atoms with Crippen LogP contribution in [0.15, 0.2) is 24.3 Å². The first-order valence-corrected chi connectivity index (χ1v) is 12.6. The van der Waals surface area contributed by atoms with E-state index < -0.39 is 36.4 Å². The smallest absolute Gasteiger partial charge is 0.426 e. The molecule has 0 unspecified atom stereocenters. The van der Waals surface area contributed by atoms with Gasteiger partial charge in [-0.25, -0.2) is 0 Å². The van der Waals surface area contributed by atoms with E-state index in [0.29, 0.717) is 31.5 Å². The molecule has 218 valence electrons. The second kappa shape index (κ2) is 15.9. The molecular weight excluding hydrogens is 507 g/mol. The summed E-state index contributed by atoms with van der Waals surface area (Å²) in [4.78, 5) is 25.0. The summed E-state index contributed by atoms with van der Waals surface area (Å²) in [6.07, 6.45) is -4.37. The number of unbranched alkanes of at least 4 members (excludes halogenated alkanes) is 1. The fraction of sp³-hybridized carbons (Fsp3) is 0.692. The highest BCUT2D eigenvalue weighted by Crippen LogP contribution is 2.33. The van der Waals surface area contributed by atoms with Crippen LogP contribution in [-0.2, 0) is 14.3 Å². The Balaban J connectivity index is 2.68. The zero-order valence-electron chi connectivity index (χ0n) is 22.8. The molecule has 12 heteroatoms. The van der Waals surface area contributed by atoms with Crippen LogP contribution in [0.4, 0.5) is 13.2 Å². The Morgan fingerprint density at radius 2 is 1.68 bits per heavy atom. The Labute approximate surface area is 222 Å². The molecule has 0 saturated carbocycles. The number of halogens is 3. The molecule has 0 spiro atoms. The zero-order valence-corrected chi connectivity index (χ0v) is 22.8. The number of methoxy groups -OCH3 is 2. The summed E-state index contributed by atoms with van der Waals surface area (Å²) in [7, 11) is 2.41. The van der Waals surface area contributed by atoms with Gasteiger partial charge in [0.05, 0.1) is 18.3 Å². The molecule has 9 nitrogen and oxygen atoms in total. The largest absolute Gasteiger partial charge is 0.493 e. The molecule has 0 aliphatic heterocycles. The maximum Gasteiger partial charge on any atom is 0.426 e. The number of nitrogens with one attached hydrogen (secondary N) is 2. The lowest BCUT2D eigenvalue weighted by Gasteiger charge is -2.31. The first-order chi connectivity index (χ1) is 17.8. The van der Waals surface area contributed by atoms with Gasteiger partial charge in [-0.15, -0.1) is 0 Å². The van der Waals surface area contributed by atoms with Crippen molar-refractivity contribution in [3.63, 3.8) is 0 Å². The van der Waals surface area contributed by atoms with E-state index in [1.807, 2.05) is 13.8 Å². The van der Waals surface area contributed by atoms with Crippen LogP contribution in [-0.4, -0.2) is 81.4 Å². The van der Waals surface area contributed by atoms with Gasteiger partial charge in [-0.3, -0.25) is 9.59 Å². The number of amides is 2. The number of para-hydroxylation sites is 1. The molecule has 2 amide bonds. The predicted molar refractivity (Wildman–Crippen MR) is 137 cm³/mol. The van der Waals surface area contributed by atoms with Gasteiger partial charge in [0.1, 0.15) is 5.75 Å². The zero-order chi connectivity index (χ0) is 28.9. The van der Waals surface area contributed by atoms with Crippen LogP contribution in [0.3, 0.4) is 0 Å². The number of hydrogen-bond acceptors (Lipinski definition) is 7. The Hall–Kier alpha value is -2.41. The van der Waals surface area contributed by atoms with Crippen molar-refractivity contribution < 1.29 is 42.1 Å². The monoisotopic (exact) mass is 549 g/mol. The standard InChI is InChI=1S/C26H42F3N3O6/c1-17(2)18(14-20(30)21(33)16-32-24(35)25(3,37-5)26(27,28)29)15-31-23(34)19-10-6-7-11-22(19)38-13-9-8-12-36-4/h6-7,10-11,17-18,20-21,33H,8-9,12-16,30H2,1-5H3,(H,31,34)(H,32,35)/t18-,20+,21+,25+/m1/s1. The maximum atomic E-state index is 13.2. The highest BCUT2D eigenvalue weighted by atomic mass is 19.4. The molecule has 5 N–H and O–H groups in total. The SMILES string of the molecule is COCCCCOc1ccccc1C(=O)NC[C@@H](C[C@H](N)[C@@H](O)CNC(=O)[C@](C)(OC)C(F)(F)F)C(C)C. The molecule has 0 aliphatic rings. The number of alkyl halides is 3. The van der Waals surface area contributed by atoms with Crippen LogP contribution >= 0.6 is 0 Å². The molecule has 0 fully saturated rings. The van der Waals surface area contributed by atoms with Gasteiger partial charge in [-0.1, -0.05) is 26.0 Å². The Bertz CT molecular complexity index is 871. The fourth-order valence-electron chi connectivity index (χ4n) is 3.58. The molecule has 0 heterocycles. The summed E-state index contributed by atoms with van der Waals surface area (Å²) < 4.78 is 54.7. The molecule has 4 atom stereocenters. The molecule has 1 rings (SSSR count). The van der Waals surface area contributed by atoms with E-state index in [1.165, 1.54) is 0 Å². The number of benzene rings is 1. The van der Waals surface area contributed by atoms with Crippen LogP contribution in [0.25, 0.3) is 0 Å². The Kier molecular flexibility index (Phi) is 14.0. The van der Waals surface area contributed by atoms with Crippen molar-refractivity contribution in [3.8, 4) is 5.75 Å². The molecule has 1 aromatic carbocycles. The van der Waals surface area contributed by atoms with E-state index in [-0.39, 0.29) is 30.7 Å². The van der Waals surface area contributed by atoms with Crippen molar-refractivity contribution in [3.05, 3.63) is 29.8 Å². The minimum absolute atomic E-state index is 0.0671. The molecule has 0 aromatic heterocycles. The highest BCUT2D eigenvalue weighted by molar-refractivity contribution is 5.96. The first-order valence-electron chi connectivity index (χ1n) is 12.6. The molecular formula is C26H42F3N3O6. The second-order valence-electron chi connectivity index (χ2n) is 9.67. The molecule has 1 aromatic rings. The van der Waals surface area contributed by atoms with Crippen LogP contribution in [0.1, 0.15) is 50.4 Å². The van der Waals surface area contributed by atoms with E-state index >= 15 is 0 Å². The van der Waals surface area contributed by atoms with Crippen molar-refractivity contribution in [1.82, 2.24) is 10.6 Å². The summed E-state index contributed by atoms with van der Waals surface area (Å²) in [6.45, 7) is 5.31. The average molecular weight is 550 g/mol. The van der Waals surface area contributed by atoms with Crippen LogP contribution in [0.2, 0.25) is 0 Å². The summed E-state index contributed by atoms with van der Waals surface area (Å²) in [5.74, 6) is -1.37. The summed E-state index contributed by atoms with van der Waals surface area (Å²) in [5.41, 5.74) is 3.44. The van der Waals surface area contributed by atoms with Crippen LogP contribution < -0.4 is 21.1 Å². The van der Waals surface area contributed by atoms with Crippen molar-refractivity contribution in [2.75, 3.05) is 40.5 Å². The number of carbonyl (C=O) groups excluding carboxylic acids is 2. The number of aliphatic hydroxyl groups is 1. The van der Waals surface area contributed by atoms with E-state index in [1.54, 1.807) is 31.4 Å². The van der Waals surface area contributed by atoms with Gasteiger partial charge in [0, 0.05) is 40.0 Å². The normalized spacial score (nSPS) is 15.9. The minimum Gasteiger partial charge on any atom is -0.493 e. The third-order valence-electron chi connectivity index (χ3n) is 6.52. The van der Waals surface area contributed by atoms with Gasteiger partial charge in [-0.2, -0.15) is 13.2 Å². The van der Waals surface area contributed by atoms with Crippen molar-refractivity contribution in [1.29, 1.82) is 0 Å². The predicted octanol–water partition coefficient (Wildman–Crippen LogP) is 2.66. The summed E-state index contributed by atoms with van der Waals surface area (Å²) >= 11 is 0. The van der Waals surface area contributed by atoms with Gasteiger partial charge in [0.2, 0.25) is 5.60 Å². The Morgan fingerprint density at radius 3 is 2.26 bits per heavy atom. The molecule has 0 bridgehead atoms. The van der Waals surface area contributed by atoms with Gasteiger partial charge in [0.15, 0.2) is 0 Å². The average Bonchev–Trinajstić information content (AvgIpc) is 2.87. The van der Waals surface area contributed by atoms with Crippen molar-refractivity contribution in [2.24, 2.45) is 17.6 Å². The number of ether oxygens (including phenoxy) is 3. The van der Waals surface area contributed by atoms with Crippen LogP contribution in [0.5, 0.6) is 5.75 Å². The van der Waals surface area contributed by atoms with Crippen molar-refractivity contribution >= 4 is 11.8 Å². The van der Waals surface area contributed by atoms with Gasteiger partial charge in [0.25, 0.3) is 11.8 Å². The number of aliphatic hydroxyl groups excluding tert-OH is 1. The minimum atomic E-state index is -4.94. The summed E-state index contributed by atoms with van der Waals surface area (Å²) in [6, 6.07) is 6.04. The lowest BCUT2D eigenvalue weighted by molar-refractivity contribution is -0.253. The Morgan fingerprint density at radius 1 is 1.05 bits per heavy atom. The number of nitrogens with two attached hydrogens (primary N) is 1. The topological polar surface area (TPSA) is 132 Å². The third kappa shape index (κ3) is 10.0. The summed E-state index contributed by atoms with van der Waals surface area (Å²) in [5, 5.41) is 15.3. The van der Waals surface area contributed by atoms with E-state index in [2.05, 4.69) is 15.4 Å². The molecule has 0 saturated heterocycles. The number of carbonyl (C=O) groups is 2. The van der Waals surface area contributed by atoms with Crippen LogP contribution in [0, 0.1) is 11.8 Å². The molecule has 0 aliphatic carbocycles. The maximum absolute atomic E-state index is 13.2. The van der Waals surface area contributed by atoms with Gasteiger partial charge in [-0.05, 0) is 50.2 Å². The fourth-order valence-corrected chi connectivity index (χ4v) is 3.58. The quantitative estimate of drug-likeness (QED) is 0.220. The van der Waals surface area contributed by atoms with E-state index in [9.17, 15) is 27.9 Å². The second-order valence-corrected chi connectivity index (χ2v) is 9.67. The highest BCUT2D eigenvalue weighted by Gasteiger charge is 2.57. The number of rotatable bonds is 17.